The molecule has 0 saturated heterocycles. The van der Waals surface area contributed by atoms with Crippen molar-refractivity contribution in [2.24, 2.45) is 5.73 Å². The molecule has 90 valence electrons. The topological polar surface area (TPSA) is 124 Å². The van der Waals surface area contributed by atoms with Crippen molar-refractivity contribution in [2.75, 3.05) is 5.32 Å². The van der Waals surface area contributed by atoms with Gasteiger partial charge in [0, 0.05) is 11.6 Å². The number of nitro benzene ring substituents is 2. The molecule has 0 unspecified atom stereocenters. The van der Waals surface area contributed by atoms with Crippen molar-refractivity contribution < 1.29 is 9.85 Å². The van der Waals surface area contributed by atoms with Crippen molar-refractivity contribution in [3.63, 3.8) is 0 Å². The van der Waals surface area contributed by atoms with Crippen LogP contribution in [0.25, 0.3) is 0 Å². The Labute approximate surface area is 101 Å². The van der Waals surface area contributed by atoms with E-state index in [9.17, 15) is 20.2 Å². The van der Waals surface area contributed by atoms with Crippen molar-refractivity contribution in [3.05, 3.63) is 37.9 Å². The van der Waals surface area contributed by atoms with E-state index in [4.69, 9.17) is 5.73 Å². The van der Waals surface area contributed by atoms with Crippen LogP contribution in [0.5, 0.6) is 0 Å². The Kier molecular flexibility index (Phi) is 3.53. The summed E-state index contributed by atoms with van der Waals surface area (Å²) in [6.07, 6.45) is 0. The maximum absolute atomic E-state index is 10.9. The third-order valence-corrected chi connectivity index (χ3v) is 2.09. The van der Waals surface area contributed by atoms with E-state index in [0.29, 0.717) is 0 Å². The lowest BCUT2D eigenvalue weighted by Gasteiger charge is -2.07. The predicted octanol–water partition coefficient (Wildman–Crippen LogP) is 1.47. The lowest BCUT2D eigenvalue weighted by atomic mass is 10.1. The van der Waals surface area contributed by atoms with Gasteiger partial charge in [-0.15, -0.1) is 0 Å². The molecule has 8 nitrogen and oxygen atoms in total. The first-order valence-electron chi connectivity index (χ1n) is 4.33. The molecule has 1 rings (SSSR count). The Balaban J connectivity index is 3.55. The molecule has 0 fully saturated rings. The van der Waals surface area contributed by atoms with Crippen LogP contribution in [0.4, 0.5) is 17.1 Å². The minimum atomic E-state index is -0.743. The molecule has 3 N–H and O–H groups in total. The molecule has 0 aliphatic carbocycles. The van der Waals surface area contributed by atoms with E-state index in [1.54, 1.807) is 0 Å². The van der Waals surface area contributed by atoms with Gasteiger partial charge in [0.05, 0.1) is 9.85 Å². The van der Waals surface area contributed by atoms with Gasteiger partial charge in [0.15, 0.2) is 10.8 Å². The summed E-state index contributed by atoms with van der Waals surface area (Å²) in [5.74, 6) is 0. The minimum absolute atomic E-state index is 0.276. The number of hydrogen-bond donors (Lipinski definition) is 2. The molecule has 0 amide bonds. The molecule has 0 atom stereocenters. The summed E-state index contributed by atoms with van der Waals surface area (Å²) in [5, 5.41) is 23.6. The largest absolute Gasteiger partial charge is 0.376 e. The van der Waals surface area contributed by atoms with Crippen molar-refractivity contribution in [1.82, 2.24) is 0 Å². The van der Waals surface area contributed by atoms with Gasteiger partial charge >= 0.3 is 5.69 Å². The Bertz CT molecular complexity index is 516. The number of benzene rings is 1. The number of rotatable bonds is 3. The van der Waals surface area contributed by atoms with E-state index >= 15 is 0 Å². The number of nitrogens with two attached hydrogens (primary N) is 1. The molecule has 1 aromatic carbocycles. The zero-order valence-electron chi connectivity index (χ0n) is 8.67. The highest BCUT2D eigenvalue weighted by Crippen LogP contribution is 2.36. The van der Waals surface area contributed by atoms with E-state index < -0.39 is 21.2 Å². The zero-order valence-corrected chi connectivity index (χ0v) is 9.48. The zero-order chi connectivity index (χ0) is 13.2. The van der Waals surface area contributed by atoms with Crippen molar-refractivity contribution in [2.45, 2.75) is 6.92 Å². The fourth-order valence-electron chi connectivity index (χ4n) is 1.32. The third-order valence-electron chi connectivity index (χ3n) is 1.99. The number of anilines is 1. The van der Waals surface area contributed by atoms with Crippen LogP contribution in [0.1, 0.15) is 5.56 Å². The molecule has 17 heavy (non-hydrogen) atoms. The standard InChI is InChI=1S/C8H8N4O4S/c1-4-2-3-5(11(13)14)6(10-8(9)17)7(4)12(15)16/h2-3H,1H3,(H3,9,10,17). The number of nitrogens with one attached hydrogen (secondary N) is 1. The molecule has 0 heterocycles. The van der Waals surface area contributed by atoms with Crippen LogP contribution in [0.3, 0.4) is 0 Å². The lowest BCUT2D eigenvalue weighted by molar-refractivity contribution is -0.392. The number of hydrogen-bond acceptors (Lipinski definition) is 5. The van der Waals surface area contributed by atoms with Gasteiger partial charge < -0.3 is 11.1 Å². The first-order valence-corrected chi connectivity index (χ1v) is 4.74. The van der Waals surface area contributed by atoms with Crippen LogP contribution < -0.4 is 11.1 Å². The Hall–Kier alpha value is -2.29. The van der Waals surface area contributed by atoms with Gasteiger partial charge in [-0.3, -0.25) is 20.2 Å². The highest BCUT2D eigenvalue weighted by molar-refractivity contribution is 7.80. The smallest absolute Gasteiger partial charge is 0.302 e. The predicted molar refractivity (Wildman–Crippen MR) is 64.9 cm³/mol. The van der Waals surface area contributed by atoms with Crippen LogP contribution in [0.15, 0.2) is 12.1 Å². The van der Waals surface area contributed by atoms with E-state index in [1.807, 2.05) is 0 Å². The molecular weight excluding hydrogens is 248 g/mol. The summed E-state index contributed by atoms with van der Waals surface area (Å²) in [7, 11) is 0. The van der Waals surface area contributed by atoms with Gasteiger partial charge in [-0.1, -0.05) is 0 Å². The summed E-state index contributed by atoms with van der Waals surface area (Å²) in [6.45, 7) is 1.46. The second-order valence-electron chi connectivity index (χ2n) is 3.13. The van der Waals surface area contributed by atoms with Crippen LogP contribution in [0.2, 0.25) is 0 Å². The molecule has 9 heteroatoms. The first kappa shape index (κ1) is 12.8. The summed E-state index contributed by atoms with van der Waals surface area (Å²) in [6, 6.07) is 2.45. The minimum Gasteiger partial charge on any atom is -0.376 e. The molecule has 0 bridgehead atoms. The molecule has 0 aliphatic rings. The number of nitro groups is 2. The van der Waals surface area contributed by atoms with Gasteiger partial charge in [0.1, 0.15) is 0 Å². The summed E-state index contributed by atoms with van der Waals surface area (Å²) in [4.78, 5) is 20.1. The highest BCUT2D eigenvalue weighted by Gasteiger charge is 2.27. The van der Waals surface area contributed by atoms with Gasteiger partial charge in [-0.25, -0.2) is 0 Å². The van der Waals surface area contributed by atoms with Crippen molar-refractivity contribution in [1.29, 1.82) is 0 Å². The molecule has 0 spiro atoms. The second kappa shape index (κ2) is 4.70. The fraction of sp³-hybridized carbons (Fsp3) is 0.125. The first-order chi connectivity index (χ1) is 7.84. The summed E-state index contributed by atoms with van der Waals surface area (Å²) in [5.41, 5.74) is 4.31. The molecule has 0 saturated carbocycles. The van der Waals surface area contributed by atoms with Crippen LogP contribution in [-0.4, -0.2) is 15.0 Å². The number of nitrogens with zero attached hydrogens (tertiary/aromatic N) is 2. The summed E-state index contributed by atoms with van der Waals surface area (Å²) < 4.78 is 0. The molecule has 0 aliphatic heterocycles. The number of thiocarbonyl (C=S) groups is 1. The van der Waals surface area contributed by atoms with E-state index in [1.165, 1.54) is 13.0 Å². The maximum Gasteiger partial charge on any atom is 0.302 e. The Morgan fingerprint density at radius 2 is 1.94 bits per heavy atom. The van der Waals surface area contributed by atoms with Crippen molar-refractivity contribution in [3.8, 4) is 0 Å². The normalized spacial score (nSPS) is 9.71. The average Bonchev–Trinajstić information content (AvgIpc) is 2.15. The monoisotopic (exact) mass is 256 g/mol. The average molecular weight is 256 g/mol. The van der Waals surface area contributed by atoms with E-state index in [0.717, 1.165) is 6.07 Å². The van der Waals surface area contributed by atoms with Crippen molar-refractivity contribution >= 4 is 34.4 Å². The van der Waals surface area contributed by atoms with E-state index in [2.05, 4.69) is 17.5 Å². The SMILES string of the molecule is Cc1ccc([N+](=O)[O-])c(NC(N)=S)c1[N+](=O)[O-]. The van der Waals surface area contributed by atoms with Gasteiger partial charge in [0.2, 0.25) is 0 Å². The van der Waals surface area contributed by atoms with Crippen LogP contribution >= 0.6 is 12.2 Å². The van der Waals surface area contributed by atoms with Crippen LogP contribution in [-0.2, 0) is 0 Å². The molecule has 1 aromatic rings. The third kappa shape index (κ3) is 2.64. The van der Waals surface area contributed by atoms with Crippen LogP contribution in [0, 0.1) is 27.2 Å². The van der Waals surface area contributed by atoms with E-state index in [-0.39, 0.29) is 16.4 Å². The second-order valence-corrected chi connectivity index (χ2v) is 3.57. The maximum atomic E-state index is 10.9. The quantitative estimate of drug-likeness (QED) is 0.476. The summed E-state index contributed by atoms with van der Waals surface area (Å²) >= 11 is 4.53. The fourth-order valence-corrected chi connectivity index (χ4v) is 1.42. The van der Waals surface area contributed by atoms with Gasteiger partial charge in [-0.2, -0.15) is 0 Å². The lowest BCUT2D eigenvalue weighted by Crippen LogP contribution is -2.20. The molecule has 0 aromatic heterocycles. The molecular formula is C8H8N4O4S. The highest BCUT2D eigenvalue weighted by atomic mass is 32.1. The Morgan fingerprint density at radius 3 is 2.35 bits per heavy atom. The molecule has 0 radical (unpaired) electrons. The van der Waals surface area contributed by atoms with Gasteiger partial charge in [-0.05, 0) is 25.2 Å². The van der Waals surface area contributed by atoms with Gasteiger partial charge in [0.25, 0.3) is 5.69 Å². The Morgan fingerprint density at radius 1 is 1.35 bits per heavy atom. The number of aryl methyl sites for hydroxylation is 1.